The van der Waals surface area contributed by atoms with Crippen molar-refractivity contribution in [2.75, 3.05) is 33.3 Å². The SMILES string of the molecule is CCN1C[C@H]2[C@@H](C1)N(Cc1ccoc1)CC[C@H]2OC. The van der Waals surface area contributed by atoms with E-state index in [4.69, 9.17) is 9.15 Å². The second-order valence-electron chi connectivity index (χ2n) is 5.75. The maximum Gasteiger partial charge on any atom is 0.0947 e. The van der Waals surface area contributed by atoms with Crippen LogP contribution in [-0.4, -0.2) is 55.2 Å². The second kappa shape index (κ2) is 5.65. The molecular weight excluding hydrogens is 240 g/mol. The molecule has 4 nitrogen and oxygen atoms in total. The van der Waals surface area contributed by atoms with E-state index in [1.807, 2.05) is 13.4 Å². The van der Waals surface area contributed by atoms with Crippen LogP contribution in [0.3, 0.4) is 0 Å². The zero-order valence-electron chi connectivity index (χ0n) is 11.9. The van der Waals surface area contributed by atoms with E-state index in [1.54, 1.807) is 6.26 Å². The maximum atomic E-state index is 5.71. The van der Waals surface area contributed by atoms with Gasteiger partial charge in [-0.2, -0.15) is 0 Å². The molecule has 0 radical (unpaired) electrons. The van der Waals surface area contributed by atoms with Crippen molar-refractivity contribution in [3.8, 4) is 0 Å². The summed E-state index contributed by atoms with van der Waals surface area (Å²) < 4.78 is 10.9. The minimum atomic E-state index is 0.433. The normalized spacial score (nSPS) is 32.6. The number of ether oxygens (including phenoxy) is 1. The van der Waals surface area contributed by atoms with Crippen molar-refractivity contribution in [2.45, 2.75) is 32.0 Å². The summed E-state index contributed by atoms with van der Waals surface area (Å²) in [7, 11) is 1.86. The van der Waals surface area contributed by atoms with E-state index in [0.717, 1.165) is 26.1 Å². The Labute approximate surface area is 115 Å². The summed E-state index contributed by atoms with van der Waals surface area (Å²) in [5.74, 6) is 0.658. The van der Waals surface area contributed by atoms with Crippen molar-refractivity contribution < 1.29 is 9.15 Å². The number of likely N-dealkylation sites (N-methyl/N-ethyl adjacent to an activating group) is 1. The molecule has 0 unspecified atom stereocenters. The summed E-state index contributed by atoms with van der Waals surface area (Å²) in [5, 5.41) is 0. The monoisotopic (exact) mass is 264 g/mol. The summed E-state index contributed by atoms with van der Waals surface area (Å²) in [6.07, 6.45) is 5.21. The lowest BCUT2D eigenvalue weighted by Gasteiger charge is -2.41. The van der Waals surface area contributed by atoms with Crippen molar-refractivity contribution in [2.24, 2.45) is 5.92 Å². The van der Waals surface area contributed by atoms with Crippen molar-refractivity contribution in [1.29, 1.82) is 0 Å². The number of hydrogen-bond donors (Lipinski definition) is 0. The zero-order valence-corrected chi connectivity index (χ0v) is 11.9. The molecule has 0 saturated carbocycles. The predicted molar refractivity (Wildman–Crippen MR) is 73.9 cm³/mol. The molecule has 0 spiro atoms. The fourth-order valence-corrected chi connectivity index (χ4v) is 3.68. The molecule has 0 bridgehead atoms. The zero-order chi connectivity index (χ0) is 13.2. The van der Waals surface area contributed by atoms with Crippen molar-refractivity contribution in [1.82, 2.24) is 9.80 Å². The van der Waals surface area contributed by atoms with E-state index >= 15 is 0 Å². The highest BCUT2D eigenvalue weighted by molar-refractivity contribution is 5.07. The lowest BCUT2D eigenvalue weighted by Crippen LogP contribution is -2.50. The van der Waals surface area contributed by atoms with Crippen LogP contribution in [0.5, 0.6) is 0 Å². The van der Waals surface area contributed by atoms with Gasteiger partial charge in [0.25, 0.3) is 0 Å². The van der Waals surface area contributed by atoms with Crippen LogP contribution in [0.1, 0.15) is 18.9 Å². The summed E-state index contributed by atoms with van der Waals surface area (Å²) in [5.41, 5.74) is 1.28. The Morgan fingerprint density at radius 3 is 3.00 bits per heavy atom. The first-order chi connectivity index (χ1) is 9.31. The second-order valence-corrected chi connectivity index (χ2v) is 5.75. The van der Waals surface area contributed by atoms with Gasteiger partial charge in [0.2, 0.25) is 0 Å². The number of fused-ring (bicyclic) bond motifs is 1. The van der Waals surface area contributed by atoms with Crippen molar-refractivity contribution in [3.05, 3.63) is 24.2 Å². The number of piperidine rings is 1. The number of methoxy groups -OCH3 is 1. The van der Waals surface area contributed by atoms with Gasteiger partial charge in [0.1, 0.15) is 0 Å². The number of nitrogens with zero attached hydrogens (tertiary/aromatic N) is 2. The van der Waals surface area contributed by atoms with Gasteiger partial charge < -0.3 is 14.1 Å². The molecule has 0 N–H and O–H groups in total. The van der Waals surface area contributed by atoms with Gasteiger partial charge in [0.05, 0.1) is 18.6 Å². The fraction of sp³-hybridized carbons (Fsp3) is 0.733. The van der Waals surface area contributed by atoms with Crippen molar-refractivity contribution in [3.63, 3.8) is 0 Å². The van der Waals surface area contributed by atoms with Gasteiger partial charge in [0, 0.05) is 50.8 Å². The number of furan rings is 1. The quantitative estimate of drug-likeness (QED) is 0.829. The molecule has 3 heterocycles. The predicted octanol–water partition coefficient (Wildman–Crippen LogP) is 1.82. The first-order valence-corrected chi connectivity index (χ1v) is 7.32. The highest BCUT2D eigenvalue weighted by atomic mass is 16.5. The summed E-state index contributed by atoms with van der Waals surface area (Å²) >= 11 is 0. The first-order valence-electron chi connectivity index (χ1n) is 7.32. The lowest BCUT2D eigenvalue weighted by molar-refractivity contribution is -0.0245. The van der Waals surface area contributed by atoms with E-state index in [1.165, 1.54) is 18.7 Å². The summed E-state index contributed by atoms with van der Waals surface area (Å²) in [6, 6.07) is 2.71. The van der Waals surface area contributed by atoms with E-state index < -0.39 is 0 Å². The molecule has 0 aromatic carbocycles. The summed E-state index contributed by atoms with van der Waals surface area (Å²) in [6.45, 7) is 7.89. The molecule has 1 aromatic heterocycles. The van der Waals surface area contributed by atoms with Gasteiger partial charge in [-0.1, -0.05) is 6.92 Å². The van der Waals surface area contributed by atoms with E-state index in [9.17, 15) is 0 Å². The Kier molecular flexibility index (Phi) is 3.91. The molecule has 2 aliphatic rings. The van der Waals surface area contributed by atoms with Crippen LogP contribution in [-0.2, 0) is 11.3 Å². The molecule has 2 saturated heterocycles. The van der Waals surface area contributed by atoms with Crippen molar-refractivity contribution >= 4 is 0 Å². The Morgan fingerprint density at radius 1 is 1.42 bits per heavy atom. The molecule has 2 aliphatic heterocycles. The van der Waals surface area contributed by atoms with Crippen LogP contribution in [0, 0.1) is 5.92 Å². The Morgan fingerprint density at radius 2 is 2.32 bits per heavy atom. The minimum Gasteiger partial charge on any atom is -0.472 e. The molecule has 106 valence electrons. The van der Waals surface area contributed by atoms with Crippen LogP contribution < -0.4 is 0 Å². The van der Waals surface area contributed by atoms with Gasteiger partial charge in [-0.3, -0.25) is 4.90 Å². The van der Waals surface area contributed by atoms with E-state index in [-0.39, 0.29) is 0 Å². The number of hydrogen-bond acceptors (Lipinski definition) is 4. The molecule has 2 fully saturated rings. The Balaban J connectivity index is 1.72. The minimum absolute atomic E-state index is 0.433. The largest absolute Gasteiger partial charge is 0.472 e. The highest BCUT2D eigenvalue weighted by Gasteiger charge is 2.43. The van der Waals surface area contributed by atoms with Gasteiger partial charge in [-0.15, -0.1) is 0 Å². The molecule has 4 heteroatoms. The first kappa shape index (κ1) is 13.2. The Hall–Kier alpha value is -0.840. The van der Waals surface area contributed by atoms with Crippen LogP contribution in [0.25, 0.3) is 0 Å². The van der Waals surface area contributed by atoms with Gasteiger partial charge in [0.15, 0.2) is 0 Å². The van der Waals surface area contributed by atoms with Crippen LogP contribution in [0.15, 0.2) is 23.0 Å². The standard InChI is InChI=1S/C15H24N2O2/c1-3-16-9-13-14(10-16)17(6-4-15(13)18-2)8-12-5-7-19-11-12/h5,7,11,13-15H,3-4,6,8-10H2,1-2H3/t13-,14+,15+/m0/s1. The van der Waals surface area contributed by atoms with Gasteiger partial charge in [-0.05, 0) is 19.0 Å². The molecular formula is C15H24N2O2. The smallest absolute Gasteiger partial charge is 0.0947 e. The third-order valence-electron chi connectivity index (χ3n) is 4.77. The molecule has 0 aliphatic carbocycles. The molecule has 19 heavy (non-hydrogen) atoms. The van der Waals surface area contributed by atoms with Gasteiger partial charge in [-0.25, -0.2) is 0 Å². The van der Waals surface area contributed by atoms with E-state index in [0.29, 0.717) is 18.1 Å². The van der Waals surface area contributed by atoms with Crippen LogP contribution in [0.2, 0.25) is 0 Å². The molecule has 3 rings (SSSR count). The average molecular weight is 264 g/mol. The average Bonchev–Trinajstić information content (AvgIpc) is 3.07. The summed E-state index contributed by atoms with van der Waals surface area (Å²) in [4.78, 5) is 5.16. The van der Waals surface area contributed by atoms with E-state index in [2.05, 4.69) is 22.8 Å². The third kappa shape index (κ3) is 2.57. The number of likely N-dealkylation sites (tertiary alicyclic amines) is 2. The van der Waals surface area contributed by atoms with Gasteiger partial charge >= 0.3 is 0 Å². The van der Waals surface area contributed by atoms with Crippen LogP contribution >= 0.6 is 0 Å². The van der Waals surface area contributed by atoms with Crippen LogP contribution in [0.4, 0.5) is 0 Å². The maximum absolute atomic E-state index is 5.71. The highest BCUT2D eigenvalue weighted by Crippen LogP contribution is 2.33. The Bertz CT molecular complexity index is 393. The topological polar surface area (TPSA) is 28.9 Å². The fourth-order valence-electron chi connectivity index (χ4n) is 3.68. The number of rotatable bonds is 4. The third-order valence-corrected chi connectivity index (χ3v) is 4.77. The molecule has 0 amide bonds. The lowest BCUT2D eigenvalue weighted by atomic mass is 9.89. The molecule has 1 aromatic rings. The molecule has 3 atom stereocenters.